The van der Waals surface area contributed by atoms with Gasteiger partial charge in [-0.25, -0.2) is 9.37 Å². The molecule has 0 unspecified atom stereocenters. The molecule has 108 valence electrons. The number of aromatic nitrogens is 2. The number of nitrogens with zero attached hydrogens (tertiary/aromatic N) is 2. The van der Waals surface area contributed by atoms with Crippen LogP contribution < -0.4 is 5.32 Å². The molecule has 0 saturated carbocycles. The number of thiophene rings is 1. The average molecular weight is 301 g/mol. The van der Waals surface area contributed by atoms with E-state index in [1.807, 2.05) is 13.1 Å². The third-order valence-electron chi connectivity index (χ3n) is 3.36. The molecule has 2 aromatic heterocycles. The van der Waals surface area contributed by atoms with Crippen LogP contribution in [0.2, 0.25) is 0 Å². The molecule has 5 heteroatoms. The summed E-state index contributed by atoms with van der Waals surface area (Å²) in [6, 6.07) is 8.68. The third-order valence-corrected chi connectivity index (χ3v) is 4.41. The second kappa shape index (κ2) is 5.69. The van der Waals surface area contributed by atoms with Crippen LogP contribution >= 0.6 is 11.3 Å². The van der Waals surface area contributed by atoms with Gasteiger partial charge >= 0.3 is 0 Å². The first-order valence-corrected chi connectivity index (χ1v) is 7.54. The smallest absolute Gasteiger partial charge is 0.123 e. The lowest BCUT2D eigenvalue weighted by Gasteiger charge is -2.05. The quantitative estimate of drug-likeness (QED) is 0.778. The van der Waals surface area contributed by atoms with Gasteiger partial charge in [0.25, 0.3) is 0 Å². The van der Waals surface area contributed by atoms with Gasteiger partial charge in [-0.1, -0.05) is 12.1 Å². The van der Waals surface area contributed by atoms with Crippen LogP contribution in [0, 0.1) is 19.7 Å². The average Bonchev–Trinajstić information content (AvgIpc) is 3.04. The SMILES string of the molecule is Cc1sc(-n2ccnc2C)cc1NCc1ccc(F)cc1. The number of imidazole rings is 1. The molecule has 0 aliphatic carbocycles. The molecule has 0 fully saturated rings. The first kappa shape index (κ1) is 13.8. The monoisotopic (exact) mass is 301 g/mol. The van der Waals surface area contributed by atoms with E-state index in [0.717, 1.165) is 22.1 Å². The van der Waals surface area contributed by atoms with E-state index in [2.05, 4.69) is 27.9 Å². The summed E-state index contributed by atoms with van der Waals surface area (Å²) < 4.78 is 15.0. The van der Waals surface area contributed by atoms with Crippen LogP contribution in [0.4, 0.5) is 10.1 Å². The van der Waals surface area contributed by atoms with Gasteiger partial charge in [0.05, 0.1) is 5.69 Å². The maximum absolute atomic E-state index is 12.9. The van der Waals surface area contributed by atoms with E-state index in [1.165, 1.54) is 17.0 Å². The zero-order chi connectivity index (χ0) is 14.8. The fourth-order valence-corrected chi connectivity index (χ4v) is 3.19. The van der Waals surface area contributed by atoms with Crippen molar-refractivity contribution >= 4 is 17.0 Å². The first-order valence-electron chi connectivity index (χ1n) is 6.72. The van der Waals surface area contributed by atoms with Crippen LogP contribution in [0.25, 0.3) is 5.00 Å². The van der Waals surface area contributed by atoms with E-state index in [-0.39, 0.29) is 5.82 Å². The van der Waals surface area contributed by atoms with E-state index >= 15 is 0 Å². The van der Waals surface area contributed by atoms with Gasteiger partial charge in [0.15, 0.2) is 0 Å². The largest absolute Gasteiger partial charge is 0.380 e. The number of benzene rings is 1. The zero-order valence-corrected chi connectivity index (χ0v) is 12.7. The van der Waals surface area contributed by atoms with Crippen molar-refractivity contribution in [3.63, 3.8) is 0 Å². The Hall–Kier alpha value is -2.14. The van der Waals surface area contributed by atoms with Crippen LogP contribution in [0.15, 0.2) is 42.7 Å². The molecule has 1 N–H and O–H groups in total. The third kappa shape index (κ3) is 2.97. The van der Waals surface area contributed by atoms with Crippen molar-refractivity contribution in [3.8, 4) is 5.00 Å². The van der Waals surface area contributed by atoms with Crippen molar-refractivity contribution in [2.24, 2.45) is 0 Å². The lowest BCUT2D eigenvalue weighted by Crippen LogP contribution is -1.99. The van der Waals surface area contributed by atoms with Crippen molar-refractivity contribution < 1.29 is 4.39 Å². The van der Waals surface area contributed by atoms with E-state index in [1.54, 1.807) is 29.7 Å². The fourth-order valence-electron chi connectivity index (χ4n) is 2.17. The summed E-state index contributed by atoms with van der Waals surface area (Å²) in [4.78, 5) is 5.47. The predicted molar refractivity (Wildman–Crippen MR) is 84.6 cm³/mol. The minimum absolute atomic E-state index is 0.205. The number of hydrogen-bond acceptors (Lipinski definition) is 3. The highest BCUT2D eigenvalue weighted by molar-refractivity contribution is 7.15. The standard InChI is InChI=1S/C16H16FN3S/c1-11-15(19-10-13-3-5-14(17)6-4-13)9-16(21-11)20-8-7-18-12(20)2/h3-9,19H,10H2,1-2H3. The van der Waals surface area contributed by atoms with Crippen LogP contribution in [0.5, 0.6) is 0 Å². The maximum Gasteiger partial charge on any atom is 0.123 e. The van der Waals surface area contributed by atoms with Gasteiger partial charge in [-0.15, -0.1) is 11.3 Å². The number of halogens is 1. The summed E-state index contributed by atoms with van der Waals surface area (Å²) >= 11 is 1.72. The molecule has 0 aliphatic heterocycles. The Bertz CT molecular complexity index is 743. The molecule has 2 heterocycles. The van der Waals surface area contributed by atoms with Gasteiger partial charge < -0.3 is 5.32 Å². The van der Waals surface area contributed by atoms with E-state index < -0.39 is 0 Å². The minimum Gasteiger partial charge on any atom is -0.380 e. The van der Waals surface area contributed by atoms with Gasteiger partial charge in [-0.3, -0.25) is 4.57 Å². The van der Waals surface area contributed by atoms with Crippen molar-refractivity contribution in [1.29, 1.82) is 0 Å². The Labute approximate surface area is 127 Å². The molecular formula is C16H16FN3S. The Morgan fingerprint density at radius 2 is 2.00 bits per heavy atom. The summed E-state index contributed by atoms with van der Waals surface area (Å²) in [6.07, 6.45) is 3.76. The molecule has 21 heavy (non-hydrogen) atoms. The summed E-state index contributed by atoms with van der Waals surface area (Å²) in [5.41, 5.74) is 2.16. The van der Waals surface area contributed by atoms with Crippen molar-refractivity contribution in [3.05, 3.63) is 64.8 Å². The molecule has 0 atom stereocenters. The molecule has 0 bridgehead atoms. The lowest BCUT2D eigenvalue weighted by molar-refractivity contribution is 0.627. The van der Waals surface area contributed by atoms with E-state index in [4.69, 9.17) is 0 Å². The van der Waals surface area contributed by atoms with Gasteiger partial charge in [-0.05, 0) is 37.6 Å². The maximum atomic E-state index is 12.9. The van der Waals surface area contributed by atoms with Crippen molar-refractivity contribution in [2.45, 2.75) is 20.4 Å². The van der Waals surface area contributed by atoms with Crippen LogP contribution in [-0.2, 0) is 6.54 Å². The summed E-state index contributed by atoms with van der Waals surface area (Å²) in [7, 11) is 0. The molecule has 1 aromatic carbocycles. The van der Waals surface area contributed by atoms with Gasteiger partial charge in [0.2, 0.25) is 0 Å². The first-order chi connectivity index (χ1) is 10.1. The minimum atomic E-state index is -0.205. The van der Waals surface area contributed by atoms with Gasteiger partial charge in [0.1, 0.15) is 16.6 Å². The van der Waals surface area contributed by atoms with Crippen LogP contribution in [-0.4, -0.2) is 9.55 Å². The molecule has 0 amide bonds. The lowest BCUT2D eigenvalue weighted by atomic mass is 10.2. The molecule has 3 aromatic rings. The van der Waals surface area contributed by atoms with E-state index in [0.29, 0.717) is 6.54 Å². The number of anilines is 1. The van der Waals surface area contributed by atoms with Crippen LogP contribution in [0.1, 0.15) is 16.3 Å². The van der Waals surface area contributed by atoms with Crippen molar-refractivity contribution in [2.75, 3.05) is 5.32 Å². The van der Waals surface area contributed by atoms with E-state index in [9.17, 15) is 4.39 Å². The molecular weight excluding hydrogens is 285 g/mol. The Morgan fingerprint density at radius 3 is 2.67 bits per heavy atom. The number of hydrogen-bond donors (Lipinski definition) is 1. The highest BCUT2D eigenvalue weighted by Gasteiger charge is 2.08. The number of aryl methyl sites for hydroxylation is 2. The molecule has 3 nitrogen and oxygen atoms in total. The Kier molecular flexibility index (Phi) is 3.75. The normalized spacial score (nSPS) is 10.8. The molecule has 0 saturated heterocycles. The fraction of sp³-hybridized carbons (Fsp3) is 0.188. The molecule has 0 aliphatic rings. The summed E-state index contributed by atoms with van der Waals surface area (Å²) in [6.45, 7) is 4.76. The molecule has 3 rings (SSSR count). The second-order valence-electron chi connectivity index (χ2n) is 4.88. The van der Waals surface area contributed by atoms with Gasteiger partial charge in [0, 0.05) is 23.8 Å². The highest BCUT2D eigenvalue weighted by atomic mass is 32.1. The highest BCUT2D eigenvalue weighted by Crippen LogP contribution is 2.30. The van der Waals surface area contributed by atoms with Gasteiger partial charge in [-0.2, -0.15) is 0 Å². The molecule has 0 radical (unpaired) electrons. The zero-order valence-electron chi connectivity index (χ0n) is 11.9. The van der Waals surface area contributed by atoms with Crippen LogP contribution in [0.3, 0.4) is 0 Å². The summed E-state index contributed by atoms with van der Waals surface area (Å²) in [5.74, 6) is 0.768. The Morgan fingerprint density at radius 1 is 1.24 bits per heavy atom. The number of nitrogens with one attached hydrogen (secondary N) is 1. The second-order valence-corrected chi connectivity index (χ2v) is 6.11. The Balaban J connectivity index is 1.76. The number of rotatable bonds is 4. The van der Waals surface area contributed by atoms with Crippen molar-refractivity contribution in [1.82, 2.24) is 9.55 Å². The molecule has 0 spiro atoms. The summed E-state index contributed by atoms with van der Waals surface area (Å²) in [5, 5.41) is 4.55. The topological polar surface area (TPSA) is 29.9 Å². The predicted octanol–water partition coefficient (Wildman–Crippen LogP) is 4.30.